The molecule has 1 rings (SSSR count). The van der Waals surface area contributed by atoms with Gasteiger partial charge in [0.05, 0.1) is 6.26 Å². The third-order valence-corrected chi connectivity index (χ3v) is 1.85. The van der Waals surface area contributed by atoms with Gasteiger partial charge in [-0.05, 0) is 11.5 Å². The van der Waals surface area contributed by atoms with Gasteiger partial charge < -0.3 is 4.42 Å². The molecule has 1 heterocycles. The van der Waals surface area contributed by atoms with Crippen molar-refractivity contribution >= 4 is 17.2 Å². The van der Waals surface area contributed by atoms with E-state index in [1.165, 1.54) is 0 Å². The Bertz CT molecular complexity index is 282. The summed E-state index contributed by atoms with van der Waals surface area (Å²) in [4.78, 5) is 0. The first kappa shape index (κ1) is 9.28. The lowest BCUT2D eigenvalue weighted by Gasteiger charge is -1.95. The van der Waals surface area contributed by atoms with Crippen molar-refractivity contribution < 1.29 is 13.2 Å². The molecule has 0 radical (unpaired) electrons. The lowest BCUT2D eigenvalue weighted by molar-refractivity contribution is 0.557. The molecular formula is C7H11NO3S. The average Bonchev–Trinajstić information content (AvgIpc) is 2.34. The van der Waals surface area contributed by atoms with Gasteiger partial charge in [-0.3, -0.25) is 9.27 Å². The third-order valence-electron chi connectivity index (χ3n) is 1.47. The number of furan rings is 1. The minimum absolute atomic E-state index is 0.319. The highest BCUT2D eigenvalue weighted by molar-refractivity contribution is 7.80. The highest BCUT2D eigenvalue weighted by Crippen LogP contribution is 2.20. The van der Waals surface area contributed by atoms with Crippen LogP contribution >= 0.6 is 0 Å². The Labute approximate surface area is 73.4 Å². The zero-order valence-corrected chi connectivity index (χ0v) is 7.72. The molecule has 0 aliphatic rings. The van der Waals surface area contributed by atoms with Gasteiger partial charge in [0.25, 0.3) is 11.3 Å². The van der Waals surface area contributed by atoms with E-state index in [0.717, 1.165) is 5.56 Å². The molecule has 1 unspecified atom stereocenters. The van der Waals surface area contributed by atoms with Gasteiger partial charge in [-0.15, -0.1) is 0 Å². The number of hydrogen-bond donors (Lipinski definition) is 2. The van der Waals surface area contributed by atoms with E-state index in [4.69, 9.17) is 8.97 Å². The molecule has 1 aromatic rings. The topological polar surface area (TPSA) is 62.5 Å². The van der Waals surface area contributed by atoms with Crippen LogP contribution in [0.5, 0.6) is 0 Å². The first-order chi connectivity index (χ1) is 5.59. The molecule has 0 saturated carbocycles. The van der Waals surface area contributed by atoms with E-state index in [9.17, 15) is 4.21 Å². The third kappa shape index (κ3) is 2.35. The lowest BCUT2D eigenvalue weighted by Crippen LogP contribution is -2.00. The molecule has 0 aromatic carbocycles. The molecule has 0 amide bonds. The first-order valence-electron chi connectivity index (χ1n) is 3.55. The molecule has 2 N–H and O–H groups in total. The summed E-state index contributed by atoms with van der Waals surface area (Å²) < 4.78 is 26.0. The average molecular weight is 189 g/mol. The Morgan fingerprint density at radius 3 is 2.75 bits per heavy atom. The molecule has 12 heavy (non-hydrogen) atoms. The monoisotopic (exact) mass is 189 g/mol. The van der Waals surface area contributed by atoms with Crippen LogP contribution in [0.4, 0.5) is 5.88 Å². The van der Waals surface area contributed by atoms with E-state index in [1.807, 2.05) is 13.8 Å². The van der Waals surface area contributed by atoms with Crippen LogP contribution in [0, 0.1) is 0 Å². The minimum Gasteiger partial charge on any atom is -0.448 e. The number of hydrogen-bond acceptors (Lipinski definition) is 2. The van der Waals surface area contributed by atoms with Crippen molar-refractivity contribution in [1.82, 2.24) is 0 Å². The number of nitrogens with one attached hydrogen (secondary N) is 1. The summed E-state index contributed by atoms with van der Waals surface area (Å²) in [6.45, 7) is 4.04. The Hall–Kier alpha value is -0.810. The van der Waals surface area contributed by atoms with E-state index in [1.54, 1.807) is 12.3 Å². The smallest absolute Gasteiger partial charge is 0.261 e. The second-order valence-corrected chi connectivity index (χ2v) is 3.45. The highest BCUT2D eigenvalue weighted by Gasteiger charge is 2.05. The molecule has 0 spiro atoms. The van der Waals surface area contributed by atoms with Gasteiger partial charge in [-0.2, -0.15) is 0 Å². The van der Waals surface area contributed by atoms with Crippen molar-refractivity contribution in [3.63, 3.8) is 0 Å². The summed E-state index contributed by atoms with van der Waals surface area (Å²) >= 11 is -2.06. The van der Waals surface area contributed by atoms with Crippen LogP contribution < -0.4 is 4.72 Å². The molecule has 0 aliphatic heterocycles. The van der Waals surface area contributed by atoms with E-state index in [-0.39, 0.29) is 0 Å². The summed E-state index contributed by atoms with van der Waals surface area (Å²) in [7, 11) is 0. The molecular weight excluding hydrogens is 178 g/mol. The fourth-order valence-corrected chi connectivity index (χ4v) is 1.07. The molecule has 0 bridgehead atoms. The lowest BCUT2D eigenvalue weighted by atomic mass is 10.1. The van der Waals surface area contributed by atoms with Gasteiger partial charge in [0.15, 0.2) is 0 Å². The quantitative estimate of drug-likeness (QED) is 0.714. The minimum atomic E-state index is -2.06. The molecule has 1 atom stereocenters. The Morgan fingerprint density at radius 1 is 1.67 bits per heavy atom. The molecule has 1 aromatic heterocycles. The molecule has 0 aliphatic carbocycles. The van der Waals surface area contributed by atoms with Crippen molar-refractivity contribution in [2.24, 2.45) is 0 Å². The Morgan fingerprint density at radius 2 is 2.33 bits per heavy atom. The SMILES string of the molecule is CC(C)c1coc(NS(=O)O)c1. The first-order valence-corrected chi connectivity index (χ1v) is 4.66. The maximum atomic E-state index is 10.3. The van der Waals surface area contributed by atoms with Crippen molar-refractivity contribution in [3.8, 4) is 0 Å². The van der Waals surface area contributed by atoms with Gasteiger partial charge in [-0.1, -0.05) is 13.8 Å². The van der Waals surface area contributed by atoms with E-state index in [2.05, 4.69) is 4.72 Å². The van der Waals surface area contributed by atoms with Crippen LogP contribution in [0.25, 0.3) is 0 Å². The molecule has 68 valence electrons. The van der Waals surface area contributed by atoms with Crippen LogP contribution in [0.2, 0.25) is 0 Å². The number of anilines is 1. The van der Waals surface area contributed by atoms with Crippen molar-refractivity contribution in [2.45, 2.75) is 19.8 Å². The van der Waals surface area contributed by atoms with Gasteiger partial charge in [-0.25, -0.2) is 4.21 Å². The highest BCUT2D eigenvalue weighted by atomic mass is 32.2. The predicted octanol–water partition coefficient (Wildman–Crippen LogP) is 1.95. The summed E-state index contributed by atoms with van der Waals surface area (Å²) in [5.74, 6) is 0.677. The largest absolute Gasteiger partial charge is 0.448 e. The molecule has 0 saturated heterocycles. The molecule has 4 nitrogen and oxygen atoms in total. The zero-order chi connectivity index (χ0) is 9.14. The normalized spacial score (nSPS) is 13.3. The van der Waals surface area contributed by atoms with Crippen LogP contribution in [0.3, 0.4) is 0 Å². The standard InChI is InChI=1S/C7H11NO3S/c1-5(2)6-3-7(11-4-6)8-12(9)10/h3-5,8H,1-2H3,(H,9,10). The van der Waals surface area contributed by atoms with Gasteiger partial charge in [0.1, 0.15) is 0 Å². The van der Waals surface area contributed by atoms with E-state index >= 15 is 0 Å². The predicted molar refractivity (Wildman–Crippen MR) is 47.2 cm³/mol. The van der Waals surface area contributed by atoms with Crippen LogP contribution in [0.15, 0.2) is 16.7 Å². The van der Waals surface area contributed by atoms with Crippen molar-refractivity contribution in [3.05, 3.63) is 17.9 Å². The van der Waals surface area contributed by atoms with Crippen LogP contribution in [0.1, 0.15) is 25.3 Å². The second-order valence-electron chi connectivity index (χ2n) is 2.75. The van der Waals surface area contributed by atoms with E-state index in [0.29, 0.717) is 11.8 Å². The fraction of sp³-hybridized carbons (Fsp3) is 0.429. The van der Waals surface area contributed by atoms with Gasteiger partial charge in [0.2, 0.25) is 5.88 Å². The Balaban J connectivity index is 2.70. The second kappa shape index (κ2) is 3.73. The maximum Gasteiger partial charge on any atom is 0.261 e. The summed E-state index contributed by atoms with van der Waals surface area (Å²) in [5, 5.41) is 0. The van der Waals surface area contributed by atoms with Crippen LogP contribution in [-0.2, 0) is 11.3 Å². The van der Waals surface area contributed by atoms with Gasteiger partial charge >= 0.3 is 0 Å². The fourth-order valence-electron chi connectivity index (χ4n) is 0.793. The summed E-state index contributed by atoms with van der Waals surface area (Å²) in [5.41, 5.74) is 1.00. The zero-order valence-electron chi connectivity index (χ0n) is 6.90. The van der Waals surface area contributed by atoms with Crippen molar-refractivity contribution in [2.75, 3.05) is 4.72 Å². The Kier molecular flexibility index (Phi) is 2.88. The molecule has 0 fully saturated rings. The summed E-state index contributed by atoms with van der Waals surface area (Å²) in [6, 6.07) is 1.71. The van der Waals surface area contributed by atoms with Crippen molar-refractivity contribution in [1.29, 1.82) is 0 Å². The maximum absolute atomic E-state index is 10.3. The summed E-state index contributed by atoms with van der Waals surface area (Å²) in [6.07, 6.45) is 1.57. The van der Waals surface area contributed by atoms with Crippen LogP contribution in [-0.4, -0.2) is 8.76 Å². The molecule has 5 heteroatoms. The number of rotatable bonds is 3. The van der Waals surface area contributed by atoms with E-state index < -0.39 is 11.3 Å². The van der Waals surface area contributed by atoms with Gasteiger partial charge in [0, 0.05) is 6.07 Å².